The molecule has 2 aromatic rings. The lowest BCUT2D eigenvalue weighted by molar-refractivity contribution is 0.0991. The normalized spacial score (nSPS) is 25.5. The molecule has 0 spiro atoms. The Balaban J connectivity index is 1.65. The molecule has 2 fully saturated rings. The first-order valence-electron chi connectivity index (χ1n) is 5.95. The van der Waals surface area contributed by atoms with E-state index >= 15 is 0 Å². The van der Waals surface area contributed by atoms with Crippen molar-refractivity contribution in [2.45, 2.75) is 18.6 Å². The molecule has 0 amide bonds. The highest BCUT2D eigenvalue weighted by Crippen LogP contribution is 2.35. The van der Waals surface area contributed by atoms with Crippen LogP contribution in [0.1, 0.15) is 6.42 Å². The van der Waals surface area contributed by atoms with Crippen LogP contribution in [0.15, 0.2) is 20.9 Å². The fourth-order valence-corrected chi connectivity index (χ4v) is 4.14. The van der Waals surface area contributed by atoms with Gasteiger partial charge in [0.25, 0.3) is 0 Å². The second-order valence-electron chi connectivity index (χ2n) is 4.68. The standard InChI is InChI=1S/C11H10Br2N4OS/c12-9-10(13)17(5-14-9)8-4-19-11(15-8)16-2-7-1-6(16)3-18-7/h4-7H,1-3H2/t6-,7-/m0/s1. The van der Waals surface area contributed by atoms with Crippen LogP contribution in [-0.4, -0.2) is 39.8 Å². The Labute approximate surface area is 130 Å². The van der Waals surface area contributed by atoms with Crippen LogP contribution in [0.2, 0.25) is 0 Å². The van der Waals surface area contributed by atoms with Crippen LogP contribution in [0, 0.1) is 0 Å². The number of thiazole rings is 1. The molecule has 0 aliphatic carbocycles. The van der Waals surface area contributed by atoms with Crippen molar-refractivity contribution in [1.29, 1.82) is 0 Å². The van der Waals surface area contributed by atoms with Gasteiger partial charge in [-0.15, -0.1) is 11.3 Å². The van der Waals surface area contributed by atoms with Crippen molar-refractivity contribution in [2.75, 3.05) is 18.1 Å². The van der Waals surface area contributed by atoms with E-state index in [1.54, 1.807) is 17.7 Å². The second-order valence-corrected chi connectivity index (χ2v) is 7.02. The summed E-state index contributed by atoms with van der Waals surface area (Å²) >= 11 is 8.55. The molecule has 2 aliphatic heterocycles. The first kappa shape index (κ1) is 12.3. The van der Waals surface area contributed by atoms with Gasteiger partial charge in [0, 0.05) is 11.9 Å². The zero-order valence-electron chi connectivity index (χ0n) is 9.79. The number of aromatic nitrogens is 3. The molecule has 8 heteroatoms. The van der Waals surface area contributed by atoms with Gasteiger partial charge >= 0.3 is 0 Å². The molecule has 2 aliphatic rings. The van der Waals surface area contributed by atoms with E-state index in [0.29, 0.717) is 12.1 Å². The van der Waals surface area contributed by atoms with Crippen molar-refractivity contribution >= 4 is 48.3 Å². The summed E-state index contributed by atoms with van der Waals surface area (Å²) in [4.78, 5) is 11.3. The predicted octanol–water partition coefficient (Wildman–Crippen LogP) is 2.83. The summed E-state index contributed by atoms with van der Waals surface area (Å²) in [5.41, 5.74) is 0. The second kappa shape index (κ2) is 4.54. The number of rotatable bonds is 2. The van der Waals surface area contributed by atoms with Crippen LogP contribution in [0.25, 0.3) is 5.82 Å². The number of imidazole rings is 1. The van der Waals surface area contributed by atoms with Gasteiger partial charge in [-0.3, -0.25) is 4.57 Å². The molecule has 4 heterocycles. The molecule has 5 nitrogen and oxygen atoms in total. The van der Waals surface area contributed by atoms with Crippen molar-refractivity contribution in [3.63, 3.8) is 0 Å². The molecule has 2 bridgehead atoms. The van der Waals surface area contributed by atoms with E-state index in [0.717, 1.165) is 39.7 Å². The fourth-order valence-electron chi connectivity index (χ4n) is 2.60. The molecular weight excluding hydrogens is 396 g/mol. The lowest BCUT2D eigenvalue weighted by Gasteiger charge is -2.25. The molecule has 100 valence electrons. The van der Waals surface area contributed by atoms with E-state index in [9.17, 15) is 0 Å². The number of anilines is 1. The molecule has 2 saturated heterocycles. The van der Waals surface area contributed by atoms with Gasteiger partial charge < -0.3 is 9.64 Å². The Morgan fingerprint density at radius 2 is 2.32 bits per heavy atom. The Kier molecular flexibility index (Phi) is 2.94. The maximum Gasteiger partial charge on any atom is 0.187 e. The number of halogens is 2. The van der Waals surface area contributed by atoms with E-state index < -0.39 is 0 Å². The minimum atomic E-state index is 0.395. The van der Waals surface area contributed by atoms with Gasteiger partial charge in [-0.05, 0) is 38.3 Å². The Bertz CT molecular complexity index is 628. The summed E-state index contributed by atoms with van der Waals surface area (Å²) in [5, 5.41) is 3.13. The number of hydrogen-bond donors (Lipinski definition) is 0. The quantitative estimate of drug-likeness (QED) is 0.770. The SMILES string of the molecule is Brc1ncn(-c2csc(N3C[C@@H]4C[C@H]3CO4)n2)c1Br. The zero-order chi connectivity index (χ0) is 13.0. The Morgan fingerprint density at radius 3 is 2.95 bits per heavy atom. The van der Waals surface area contributed by atoms with E-state index in [2.05, 4.69) is 47.1 Å². The third-order valence-electron chi connectivity index (χ3n) is 3.54. The first-order chi connectivity index (χ1) is 9.22. The summed E-state index contributed by atoms with van der Waals surface area (Å²) in [6, 6.07) is 0.502. The smallest absolute Gasteiger partial charge is 0.187 e. The van der Waals surface area contributed by atoms with Crippen LogP contribution in [-0.2, 0) is 4.74 Å². The van der Waals surface area contributed by atoms with E-state index in [-0.39, 0.29) is 0 Å². The van der Waals surface area contributed by atoms with E-state index in [1.165, 1.54) is 0 Å². The highest BCUT2D eigenvalue weighted by atomic mass is 79.9. The van der Waals surface area contributed by atoms with Crippen molar-refractivity contribution < 1.29 is 4.74 Å². The van der Waals surface area contributed by atoms with Gasteiger partial charge in [-0.1, -0.05) is 0 Å². The number of ether oxygens (including phenoxy) is 1. The third kappa shape index (κ3) is 1.96. The molecule has 2 atom stereocenters. The van der Waals surface area contributed by atoms with Gasteiger partial charge in [-0.25, -0.2) is 9.97 Å². The van der Waals surface area contributed by atoms with Crippen molar-refractivity contribution in [3.05, 3.63) is 20.9 Å². The minimum Gasteiger partial charge on any atom is -0.374 e. The molecule has 0 aromatic carbocycles. The van der Waals surface area contributed by atoms with Crippen LogP contribution < -0.4 is 4.90 Å². The summed E-state index contributed by atoms with van der Waals surface area (Å²) in [7, 11) is 0. The zero-order valence-corrected chi connectivity index (χ0v) is 13.8. The van der Waals surface area contributed by atoms with E-state index in [4.69, 9.17) is 9.72 Å². The lowest BCUT2D eigenvalue weighted by atomic mass is 10.2. The largest absolute Gasteiger partial charge is 0.374 e. The van der Waals surface area contributed by atoms with Gasteiger partial charge in [0.2, 0.25) is 0 Å². The van der Waals surface area contributed by atoms with Crippen LogP contribution in [0.5, 0.6) is 0 Å². The number of nitrogens with zero attached hydrogens (tertiary/aromatic N) is 4. The van der Waals surface area contributed by atoms with Gasteiger partial charge in [0.05, 0.1) is 18.8 Å². The van der Waals surface area contributed by atoms with Gasteiger partial charge in [-0.2, -0.15) is 0 Å². The molecule has 0 saturated carbocycles. The maximum absolute atomic E-state index is 5.62. The summed E-state index contributed by atoms with van der Waals surface area (Å²) in [5.74, 6) is 0.897. The summed E-state index contributed by atoms with van der Waals surface area (Å²) in [6.45, 7) is 1.80. The molecule has 19 heavy (non-hydrogen) atoms. The van der Waals surface area contributed by atoms with Crippen molar-refractivity contribution in [2.24, 2.45) is 0 Å². The summed E-state index contributed by atoms with van der Waals surface area (Å²) < 4.78 is 9.22. The fraction of sp³-hybridized carbons (Fsp3) is 0.455. The monoisotopic (exact) mass is 404 g/mol. The highest BCUT2D eigenvalue weighted by molar-refractivity contribution is 9.13. The van der Waals surface area contributed by atoms with Crippen LogP contribution in [0.3, 0.4) is 0 Å². The number of morpholine rings is 1. The molecule has 4 rings (SSSR count). The van der Waals surface area contributed by atoms with Crippen molar-refractivity contribution in [3.8, 4) is 5.82 Å². The van der Waals surface area contributed by atoms with Gasteiger partial charge in [0.15, 0.2) is 10.9 Å². The highest BCUT2D eigenvalue weighted by Gasteiger charge is 2.40. The minimum absolute atomic E-state index is 0.395. The van der Waals surface area contributed by atoms with E-state index in [1.807, 2.05) is 4.57 Å². The molecule has 0 radical (unpaired) electrons. The topological polar surface area (TPSA) is 43.2 Å². The summed E-state index contributed by atoms with van der Waals surface area (Å²) in [6.07, 6.45) is 3.29. The predicted molar refractivity (Wildman–Crippen MR) is 80.1 cm³/mol. The molecule has 0 N–H and O–H groups in total. The lowest BCUT2D eigenvalue weighted by Crippen LogP contribution is -2.36. The Hall–Kier alpha value is -0.440. The first-order valence-corrected chi connectivity index (χ1v) is 8.41. The molecule has 2 aromatic heterocycles. The number of fused-ring (bicyclic) bond motifs is 2. The third-order valence-corrected chi connectivity index (χ3v) is 6.28. The number of hydrogen-bond acceptors (Lipinski definition) is 5. The Morgan fingerprint density at radius 1 is 1.42 bits per heavy atom. The molecule has 0 unspecified atom stereocenters. The molecular formula is C11H10Br2N4OS. The van der Waals surface area contributed by atoms with Crippen LogP contribution in [0.4, 0.5) is 5.13 Å². The van der Waals surface area contributed by atoms with Crippen LogP contribution >= 0.6 is 43.2 Å². The van der Waals surface area contributed by atoms with Crippen molar-refractivity contribution in [1.82, 2.24) is 14.5 Å². The van der Waals surface area contributed by atoms with Gasteiger partial charge in [0.1, 0.15) is 15.5 Å². The average Bonchev–Trinajstić information content (AvgIpc) is 3.15. The maximum atomic E-state index is 5.62. The average molecular weight is 406 g/mol.